The van der Waals surface area contributed by atoms with Crippen molar-refractivity contribution < 1.29 is 18.3 Å². The second-order valence-electron chi connectivity index (χ2n) is 3.50. The summed E-state index contributed by atoms with van der Waals surface area (Å²) in [5.41, 5.74) is 2.09. The fraction of sp³-hybridized carbons (Fsp3) is 0.333. The van der Waals surface area contributed by atoms with Crippen LogP contribution in [0.25, 0.3) is 0 Å². The molecule has 0 aliphatic carbocycles. The van der Waals surface area contributed by atoms with Crippen molar-refractivity contribution in [2.75, 3.05) is 6.61 Å². The smallest absolute Gasteiger partial charge is 0.345 e. The fourth-order valence-electron chi connectivity index (χ4n) is 1.16. The topological polar surface area (TPSA) is 38.3 Å². The van der Waals surface area contributed by atoms with Crippen LogP contribution in [0.5, 0.6) is 0 Å². The van der Waals surface area contributed by atoms with Gasteiger partial charge in [0, 0.05) is 6.54 Å². The Balaban J connectivity index is 2.21. The van der Waals surface area contributed by atoms with Crippen LogP contribution in [-0.4, -0.2) is 19.1 Å². The summed E-state index contributed by atoms with van der Waals surface area (Å²) in [5.74, 6) is -0.425. The number of aryl methyl sites for hydroxylation is 1. The number of benzene rings is 1. The van der Waals surface area contributed by atoms with Gasteiger partial charge in [0.1, 0.15) is 0 Å². The van der Waals surface area contributed by atoms with E-state index in [0.29, 0.717) is 6.54 Å². The van der Waals surface area contributed by atoms with E-state index in [0.717, 1.165) is 17.5 Å². The minimum Gasteiger partial charge on any atom is -0.352 e. The summed E-state index contributed by atoms with van der Waals surface area (Å²) in [6.07, 6.45) is 1.04. The van der Waals surface area contributed by atoms with Crippen LogP contribution in [0.4, 0.5) is 8.78 Å². The molecule has 1 amide bonds. The first-order chi connectivity index (χ1) is 8.08. The van der Waals surface area contributed by atoms with Gasteiger partial charge in [0.15, 0.2) is 0 Å². The standard InChI is InChI=1S/C12H14F2NO2/c1-9-2-4-10(5-3-9)8-15-11(16)6-7-17-12(13)14/h2-6,12H,7-8H2,1H3,(H,15,16). The molecule has 5 heteroatoms. The molecule has 1 rings (SSSR count). The zero-order valence-corrected chi connectivity index (χ0v) is 9.45. The maximum atomic E-state index is 11.6. The number of hydrogen-bond acceptors (Lipinski definition) is 2. The minimum absolute atomic E-state index is 0.365. The molecule has 0 saturated carbocycles. The van der Waals surface area contributed by atoms with Crippen molar-refractivity contribution in [2.45, 2.75) is 20.1 Å². The summed E-state index contributed by atoms with van der Waals surface area (Å²) < 4.78 is 27.1. The zero-order valence-electron chi connectivity index (χ0n) is 9.45. The van der Waals surface area contributed by atoms with Crippen LogP contribution in [-0.2, 0) is 16.1 Å². The van der Waals surface area contributed by atoms with Crippen LogP contribution in [0, 0.1) is 13.3 Å². The molecule has 17 heavy (non-hydrogen) atoms. The number of alkyl halides is 2. The molecule has 0 saturated heterocycles. The Labute approximate surface area is 98.8 Å². The van der Waals surface area contributed by atoms with Gasteiger partial charge in [-0.1, -0.05) is 29.8 Å². The van der Waals surface area contributed by atoms with Crippen molar-refractivity contribution in [1.82, 2.24) is 5.32 Å². The van der Waals surface area contributed by atoms with E-state index < -0.39 is 19.1 Å². The number of amides is 1. The second kappa shape index (κ2) is 6.96. The van der Waals surface area contributed by atoms with Crippen LogP contribution in [0.3, 0.4) is 0 Å². The first-order valence-electron chi connectivity index (χ1n) is 5.14. The van der Waals surface area contributed by atoms with Crippen LogP contribution in [0.1, 0.15) is 11.1 Å². The third-order valence-electron chi connectivity index (χ3n) is 2.08. The highest BCUT2D eigenvalue weighted by molar-refractivity contribution is 5.84. The number of ether oxygens (including phenoxy) is 1. The Morgan fingerprint density at radius 2 is 2.06 bits per heavy atom. The van der Waals surface area contributed by atoms with Crippen LogP contribution in [0.15, 0.2) is 24.3 Å². The Morgan fingerprint density at radius 1 is 1.41 bits per heavy atom. The molecule has 1 radical (unpaired) electrons. The SMILES string of the molecule is Cc1ccc(CNC(=O)[CH]COC(F)F)cc1. The molecule has 0 aromatic heterocycles. The Hall–Kier alpha value is -1.49. The molecular formula is C12H14F2NO2. The number of halogens is 2. The molecule has 0 aliphatic heterocycles. The van der Waals surface area contributed by atoms with Crippen molar-refractivity contribution in [1.29, 1.82) is 0 Å². The largest absolute Gasteiger partial charge is 0.352 e. The fourth-order valence-corrected chi connectivity index (χ4v) is 1.16. The minimum atomic E-state index is -2.85. The van der Waals surface area contributed by atoms with Gasteiger partial charge >= 0.3 is 6.61 Å². The summed E-state index contributed by atoms with van der Waals surface area (Å²) in [7, 11) is 0. The Bertz CT molecular complexity index is 352. The summed E-state index contributed by atoms with van der Waals surface area (Å²) >= 11 is 0. The quantitative estimate of drug-likeness (QED) is 0.829. The molecule has 1 aromatic carbocycles. The van der Waals surface area contributed by atoms with Gasteiger partial charge in [-0.15, -0.1) is 0 Å². The van der Waals surface area contributed by atoms with E-state index in [1.165, 1.54) is 0 Å². The highest BCUT2D eigenvalue weighted by Gasteiger charge is 2.05. The average molecular weight is 242 g/mol. The molecular weight excluding hydrogens is 228 g/mol. The molecule has 0 atom stereocenters. The lowest BCUT2D eigenvalue weighted by Gasteiger charge is -2.05. The first kappa shape index (κ1) is 13.6. The second-order valence-corrected chi connectivity index (χ2v) is 3.50. The van der Waals surface area contributed by atoms with E-state index in [9.17, 15) is 13.6 Å². The zero-order chi connectivity index (χ0) is 12.7. The highest BCUT2D eigenvalue weighted by atomic mass is 19.3. The third-order valence-corrected chi connectivity index (χ3v) is 2.08. The normalized spacial score (nSPS) is 10.6. The van der Waals surface area contributed by atoms with Gasteiger partial charge in [0.05, 0.1) is 13.0 Å². The lowest BCUT2D eigenvalue weighted by Crippen LogP contribution is -2.24. The number of rotatable bonds is 6. The highest BCUT2D eigenvalue weighted by Crippen LogP contribution is 2.02. The summed E-state index contributed by atoms with van der Waals surface area (Å²) in [5, 5.41) is 2.57. The third kappa shape index (κ3) is 5.97. The van der Waals surface area contributed by atoms with Gasteiger partial charge in [-0.3, -0.25) is 4.79 Å². The maximum Gasteiger partial charge on any atom is 0.345 e. The average Bonchev–Trinajstić information content (AvgIpc) is 2.28. The van der Waals surface area contributed by atoms with E-state index >= 15 is 0 Å². The summed E-state index contributed by atoms with van der Waals surface area (Å²) in [6, 6.07) is 7.66. The summed E-state index contributed by atoms with van der Waals surface area (Å²) in [6.45, 7) is -0.907. The van der Waals surface area contributed by atoms with Crippen LogP contribution < -0.4 is 5.32 Å². The van der Waals surface area contributed by atoms with E-state index in [1.54, 1.807) is 0 Å². The molecule has 0 bridgehead atoms. The van der Waals surface area contributed by atoms with Crippen LogP contribution in [0.2, 0.25) is 0 Å². The molecule has 1 N–H and O–H groups in total. The van der Waals surface area contributed by atoms with Gasteiger partial charge in [0.2, 0.25) is 5.91 Å². The predicted molar refractivity (Wildman–Crippen MR) is 59.3 cm³/mol. The maximum absolute atomic E-state index is 11.6. The lowest BCUT2D eigenvalue weighted by atomic mass is 10.1. The number of carbonyl (C=O) groups excluding carboxylic acids is 1. The van der Waals surface area contributed by atoms with Gasteiger partial charge in [-0.25, -0.2) is 0 Å². The summed E-state index contributed by atoms with van der Waals surface area (Å²) in [4.78, 5) is 11.2. The van der Waals surface area contributed by atoms with E-state index in [1.807, 2.05) is 31.2 Å². The molecule has 0 aliphatic rings. The van der Waals surface area contributed by atoms with Crippen LogP contribution >= 0.6 is 0 Å². The lowest BCUT2D eigenvalue weighted by molar-refractivity contribution is -0.130. The van der Waals surface area contributed by atoms with Crippen molar-refractivity contribution in [3.8, 4) is 0 Å². The number of nitrogens with one attached hydrogen (secondary N) is 1. The Kier molecular flexibility index (Phi) is 5.56. The van der Waals surface area contributed by atoms with Crippen molar-refractivity contribution in [3.05, 3.63) is 41.8 Å². The van der Waals surface area contributed by atoms with Gasteiger partial charge in [0.25, 0.3) is 0 Å². The van der Waals surface area contributed by atoms with Gasteiger partial charge < -0.3 is 10.1 Å². The van der Waals surface area contributed by atoms with Gasteiger partial charge in [-0.05, 0) is 12.5 Å². The van der Waals surface area contributed by atoms with Crippen molar-refractivity contribution in [2.24, 2.45) is 0 Å². The molecule has 0 unspecified atom stereocenters. The monoisotopic (exact) mass is 242 g/mol. The molecule has 1 aromatic rings. The molecule has 0 spiro atoms. The van der Waals surface area contributed by atoms with E-state index in [2.05, 4.69) is 10.1 Å². The van der Waals surface area contributed by atoms with Crippen molar-refractivity contribution >= 4 is 5.91 Å². The Morgan fingerprint density at radius 3 is 2.65 bits per heavy atom. The van der Waals surface area contributed by atoms with E-state index in [4.69, 9.17) is 0 Å². The molecule has 93 valence electrons. The number of hydrogen-bond donors (Lipinski definition) is 1. The van der Waals surface area contributed by atoms with E-state index in [-0.39, 0.29) is 0 Å². The molecule has 0 heterocycles. The number of carbonyl (C=O) groups is 1. The molecule has 0 fully saturated rings. The van der Waals surface area contributed by atoms with Crippen molar-refractivity contribution in [3.63, 3.8) is 0 Å². The van der Waals surface area contributed by atoms with Gasteiger partial charge in [-0.2, -0.15) is 8.78 Å². The molecule has 3 nitrogen and oxygen atoms in total. The first-order valence-corrected chi connectivity index (χ1v) is 5.14. The predicted octanol–water partition coefficient (Wildman–Crippen LogP) is 2.05.